The normalized spacial score (nSPS) is 17.1. The van der Waals surface area contributed by atoms with Gasteiger partial charge in [-0.3, -0.25) is 4.90 Å². The Morgan fingerprint density at radius 2 is 1.57 bits per heavy atom. The number of rotatable bonds is 2. The van der Waals surface area contributed by atoms with Crippen molar-refractivity contribution in [3.8, 4) is 0 Å². The van der Waals surface area contributed by atoms with Crippen molar-refractivity contribution in [1.29, 1.82) is 0 Å². The van der Waals surface area contributed by atoms with E-state index in [9.17, 15) is 13.6 Å². The average molecular weight is 298 g/mol. The minimum absolute atomic E-state index is 0.0242. The lowest BCUT2D eigenvalue weighted by Gasteiger charge is -2.43. The Hall–Kier alpha value is -1.69. The van der Waals surface area contributed by atoms with Gasteiger partial charge in [0.05, 0.1) is 5.56 Å². The van der Waals surface area contributed by atoms with Crippen molar-refractivity contribution in [1.82, 2.24) is 4.90 Å². The van der Waals surface area contributed by atoms with Crippen LogP contribution in [0.3, 0.4) is 0 Å². The smallest absolute Gasteiger partial charge is 0.335 e. The molecule has 1 aromatic carbocycles. The van der Waals surface area contributed by atoms with Crippen LogP contribution in [0.5, 0.6) is 0 Å². The molecule has 1 heterocycles. The first kappa shape index (κ1) is 15.7. The number of carboxylic acid groups (broad SMARTS) is 1. The zero-order chi connectivity index (χ0) is 15.8. The number of piperazine rings is 1. The highest BCUT2D eigenvalue weighted by molar-refractivity contribution is 5.88. The van der Waals surface area contributed by atoms with Crippen LogP contribution in [0, 0.1) is 11.6 Å². The van der Waals surface area contributed by atoms with Gasteiger partial charge in [-0.1, -0.05) is 0 Å². The lowest BCUT2D eigenvalue weighted by molar-refractivity contribution is 0.0695. The van der Waals surface area contributed by atoms with Crippen molar-refractivity contribution in [3.05, 3.63) is 29.3 Å². The second-order valence-electron chi connectivity index (χ2n) is 6.24. The van der Waals surface area contributed by atoms with E-state index in [0.29, 0.717) is 26.2 Å². The number of anilines is 1. The topological polar surface area (TPSA) is 43.8 Å². The van der Waals surface area contributed by atoms with Gasteiger partial charge in [0.15, 0.2) is 0 Å². The Kier molecular flexibility index (Phi) is 4.18. The van der Waals surface area contributed by atoms with Crippen molar-refractivity contribution >= 4 is 11.7 Å². The number of carbonyl (C=O) groups is 1. The van der Waals surface area contributed by atoms with E-state index in [1.54, 1.807) is 4.90 Å². The Morgan fingerprint density at radius 3 is 1.95 bits per heavy atom. The van der Waals surface area contributed by atoms with Crippen molar-refractivity contribution in [3.63, 3.8) is 0 Å². The average Bonchev–Trinajstić information content (AvgIpc) is 2.37. The molecule has 21 heavy (non-hydrogen) atoms. The van der Waals surface area contributed by atoms with E-state index < -0.39 is 17.6 Å². The third-order valence-electron chi connectivity index (χ3n) is 3.81. The van der Waals surface area contributed by atoms with Crippen molar-refractivity contribution in [2.24, 2.45) is 0 Å². The van der Waals surface area contributed by atoms with Gasteiger partial charge in [-0.15, -0.1) is 0 Å². The lowest BCUT2D eigenvalue weighted by Crippen LogP contribution is -2.53. The van der Waals surface area contributed by atoms with Crippen molar-refractivity contribution in [2.45, 2.75) is 26.3 Å². The summed E-state index contributed by atoms with van der Waals surface area (Å²) in [4.78, 5) is 14.7. The van der Waals surface area contributed by atoms with E-state index in [1.165, 1.54) is 0 Å². The third kappa shape index (κ3) is 3.32. The van der Waals surface area contributed by atoms with Crippen LogP contribution in [0.15, 0.2) is 12.1 Å². The monoisotopic (exact) mass is 298 g/mol. The molecule has 1 fully saturated rings. The van der Waals surface area contributed by atoms with Crippen LogP contribution in [0.1, 0.15) is 31.1 Å². The lowest BCUT2D eigenvalue weighted by atomic mass is 10.0. The number of halogens is 2. The second-order valence-corrected chi connectivity index (χ2v) is 6.24. The van der Waals surface area contributed by atoms with Crippen LogP contribution >= 0.6 is 0 Å². The standard InChI is InChI=1S/C15H20F2N2O2/c1-15(2,3)19-6-4-18(5-7-19)13-11(16)8-10(14(20)21)9-12(13)17/h8-9H,4-7H2,1-3H3,(H,20,21). The fourth-order valence-electron chi connectivity index (χ4n) is 2.59. The summed E-state index contributed by atoms with van der Waals surface area (Å²) in [6.07, 6.45) is 0. The first-order valence-electron chi connectivity index (χ1n) is 6.92. The summed E-state index contributed by atoms with van der Waals surface area (Å²) in [5.41, 5.74) is -0.480. The van der Waals surface area contributed by atoms with E-state index in [0.717, 1.165) is 12.1 Å². The number of hydrogen-bond donors (Lipinski definition) is 1. The van der Waals surface area contributed by atoms with Gasteiger partial charge in [0.2, 0.25) is 0 Å². The molecule has 0 unspecified atom stereocenters. The molecule has 0 spiro atoms. The zero-order valence-electron chi connectivity index (χ0n) is 12.5. The minimum atomic E-state index is -1.34. The number of hydrogen-bond acceptors (Lipinski definition) is 3. The van der Waals surface area contributed by atoms with Gasteiger partial charge in [-0.25, -0.2) is 13.6 Å². The maximum atomic E-state index is 14.0. The van der Waals surface area contributed by atoms with Crippen LogP contribution < -0.4 is 4.90 Å². The molecule has 1 aliphatic heterocycles. The van der Waals surface area contributed by atoms with Crippen LogP contribution in [-0.2, 0) is 0 Å². The van der Waals surface area contributed by atoms with Crippen molar-refractivity contribution < 1.29 is 18.7 Å². The molecule has 116 valence electrons. The number of aromatic carboxylic acids is 1. The molecule has 0 aliphatic carbocycles. The SMILES string of the molecule is CC(C)(C)N1CCN(c2c(F)cc(C(=O)O)cc2F)CC1. The molecule has 1 aliphatic rings. The fraction of sp³-hybridized carbons (Fsp3) is 0.533. The van der Waals surface area contributed by atoms with Crippen LogP contribution in [0.4, 0.5) is 14.5 Å². The highest BCUT2D eigenvalue weighted by Crippen LogP contribution is 2.27. The summed E-state index contributed by atoms with van der Waals surface area (Å²) in [6.45, 7) is 8.75. The summed E-state index contributed by atoms with van der Waals surface area (Å²) in [5.74, 6) is -2.98. The van der Waals surface area contributed by atoms with E-state index in [-0.39, 0.29) is 16.8 Å². The summed E-state index contributed by atoms with van der Waals surface area (Å²) in [6, 6.07) is 1.74. The molecule has 0 saturated carbocycles. The molecule has 0 atom stereocenters. The third-order valence-corrected chi connectivity index (χ3v) is 3.81. The zero-order valence-corrected chi connectivity index (χ0v) is 12.5. The van der Waals surface area contributed by atoms with Crippen molar-refractivity contribution in [2.75, 3.05) is 31.1 Å². The Labute approximate surface area is 123 Å². The molecule has 6 heteroatoms. The molecule has 1 aromatic rings. The van der Waals surface area contributed by atoms with Gasteiger partial charge in [-0.2, -0.15) is 0 Å². The predicted molar refractivity (Wildman–Crippen MR) is 76.9 cm³/mol. The molecule has 1 saturated heterocycles. The predicted octanol–water partition coefficient (Wildman–Crippen LogP) is 2.58. The molecular formula is C15H20F2N2O2. The van der Waals surface area contributed by atoms with Gasteiger partial charge in [0.1, 0.15) is 17.3 Å². The molecule has 0 radical (unpaired) electrons. The van der Waals surface area contributed by atoms with Crippen LogP contribution in [-0.4, -0.2) is 47.7 Å². The number of carboxylic acids is 1. The summed E-state index contributed by atoms with van der Waals surface area (Å²) in [7, 11) is 0. The first-order valence-corrected chi connectivity index (χ1v) is 6.92. The quantitative estimate of drug-likeness (QED) is 0.911. The van der Waals surface area contributed by atoms with Crippen LogP contribution in [0.2, 0.25) is 0 Å². The summed E-state index contributed by atoms with van der Waals surface area (Å²) < 4.78 is 28.1. The first-order chi connectivity index (χ1) is 9.70. The van der Waals surface area contributed by atoms with Crippen LogP contribution in [0.25, 0.3) is 0 Å². The van der Waals surface area contributed by atoms with E-state index in [4.69, 9.17) is 5.11 Å². The van der Waals surface area contributed by atoms with E-state index in [2.05, 4.69) is 25.7 Å². The molecule has 4 nitrogen and oxygen atoms in total. The highest BCUT2D eigenvalue weighted by Gasteiger charge is 2.28. The Bertz CT molecular complexity index is 524. The Morgan fingerprint density at radius 1 is 1.10 bits per heavy atom. The number of nitrogens with zero attached hydrogens (tertiary/aromatic N) is 2. The fourth-order valence-corrected chi connectivity index (χ4v) is 2.59. The van der Waals surface area contributed by atoms with Gasteiger partial charge in [-0.05, 0) is 32.9 Å². The molecule has 1 N–H and O–H groups in total. The molecule has 2 rings (SSSR count). The summed E-state index contributed by atoms with van der Waals surface area (Å²) >= 11 is 0. The molecule has 0 bridgehead atoms. The second kappa shape index (κ2) is 5.60. The molecular weight excluding hydrogens is 278 g/mol. The largest absolute Gasteiger partial charge is 0.478 e. The maximum Gasteiger partial charge on any atom is 0.335 e. The Balaban J connectivity index is 2.19. The maximum absolute atomic E-state index is 14.0. The molecule has 0 amide bonds. The highest BCUT2D eigenvalue weighted by atomic mass is 19.1. The van der Waals surface area contributed by atoms with Gasteiger partial charge in [0, 0.05) is 31.7 Å². The number of benzene rings is 1. The van der Waals surface area contributed by atoms with E-state index in [1.807, 2.05) is 0 Å². The van der Waals surface area contributed by atoms with Gasteiger partial charge in [0.25, 0.3) is 0 Å². The van der Waals surface area contributed by atoms with Gasteiger partial charge < -0.3 is 10.0 Å². The molecule has 0 aromatic heterocycles. The summed E-state index contributed by atoms with van der Waals surface area (Å²) in [5, 5.41) is 8.81. The van der Waals surface area contributed by atoms with E-state index >= 15 is 0 Å². The van der Waals surface area contributed by atoms with Gasteiger partial charge >= 0.3 is 5.97 Å². The minimum Gasteiger partial charge on any atom is -0.478 e.